The SMILES string of the molecule is COc1ccc(Br)c(Cn2cc(I)cn2)c1. The van der Waals surface area contributed by atoms with Gasteiger partial charge in [-0.2, -0.15) is 5.10 Å². The normalized spacial score (nSPS) is 10.4. The van der Waals surface area contributed by atoms with Crippen molar-refractivity contribution in [3.05, 3.63) is 44.2 Å². The highest BCUT2D eigenvalue weighted by Gasteiger charge is 2.04. The number of aromatic nitrogens is 2. The number of nitrogens with zero attached hydrogens (tertiary/aromatic N) is 2. The highest BCUT2D eigenvalue weighted by Crippen LogP contribution is 2.23. The van der Waals surface area contributed by atoms with E-state index in [-0.39, 0.29) is 0 Å². The summed E-state index contributed by atoms with van der Waals surface area (Å²) in [6.07, 6.45) is 3.85. The number of hydrogen-bond acceptors (Lipinski definition) is 2. The maximum absolute atomic E-state index is 5.20. The Bertz CT molecular complexity index is 498. The predicted octanol–water partition coefficient (Wildman–Crippen LogP) is 3.31. The zero-order chi connectivity index (χ0) is 11.5. The van der Waals surface area contributed by atoms with Crippen molar-refractivity contribution in [1.82, 2.24) is 9.78 Å². The highest BCUT2D eigenvalue weighted by atomic mass is 127. The standard InChI is InChI=1S/C11H10BrIN2O/c1-16-10-2-3-11(12)8(4-10)6-15-7-9(13)5-14-15/h2-5,7H,6H2,1H3. The van der Waals surface area contributed by atoms with E-state index in [1.165, 1.54) is 0 Å². The smallest absolute Gasteiger partial charge is 0.119 e. The monoisotopic (exact) mass is 392 g/mol. The molecule has 3 nitrogen and oxygen atoms in total. The molecule has 0 fully saturated rings. The summed E-state index contributed by atoms with van der Waals surface area (Å²) in [6, 6.07) is 5.93. The summed E-state index contributed by atoms with van der Waals surface area (Å²) in [6.45, 7) is 0.737. The molecule has 16 heavy (non-hydrogen) atoms. The van der Waals surface area contributed by atoms with E-state index in [9.17, 15) is 0 Å². The van der Waals surface area contributed by atoms with E-state index < -0.39 is 0 Å². The van der Waals surface area contributed by atoms with Crippen LogP contribution >= 0.6 is 38.5 Å². The molecule has 0 aliphatic rings. The summed E-state index contributed by atoms with van der Waals surface area (Å²) < 4.78 is 9.31. The van der Waals surface area contributed by atoms with E-state index in [1.807, 2.05) is 35.3 Å². The molecular weight excluding hydrogens is 383 g/mol. The topological polar surface area (TPSA) is 27.1 Å². The predicted molar refractivity (Wildman–Crippen MR) is 74.7 cm³/mol. The summed E-state index contributed by atoms with van der Waals surface area (Å²) in [7, 11) is 1.67. The molecule has 0 unspecified atom stereocenters. The minimum absolute atomic E-state index is 0.737. The van der Waals surface area contributed by atoms with E-state index in [2.05, 4.69) is 43.6 Å². The number of benzene rings is 1. The molecule has 0 radical (unpaired) electrons. The molecule has 0 aliphatic heterocycles. The van der Waals surface area contributed by atoms with Crippen LogP contribution in [0.4, 0.5) is 0 Å². The van der Waals surface area contributed by atoms with Gasteiger partial charge in [0.1, 0.15) is 5.75 Å². The van der Waals surface area contributed by atoms with Crippen LogP contribution in [0.1, 0.15) is 5.56 Å². The van der Waals surface area contributed by atoms with Gasteiger partial charge in [0, 0.05) is 10.7 Å². The fraction of sp³-hybridized carbons (Fsp3) is 0.182. The van der Waals surface area contributed by atoms with E-state index in [0.717, 1.165) is 25.9 Å². The Hall–Kier alpha value is -0.560. The number of halogens is 2. The fourth-order valence-corrected chi connectivity index (χ4v) is 2.22. The van der Waals surface area contributed by atoms with Gasteiger partial charge in [0.15, 0.2) is 0 Å². The van der Waals surface area contributed by atoms with Crippen LogP contribution in [-0.2, 0) is 6.54 Å². The molecule has 0 atom stereocenters. The van der Waals surface area contributed by atoms with E-state index in [4.69, 9.17) is 4.74 Å². The molecule has 0 saturated carbocycles. The third kappa shape index (κ3) is 2.76. The molecule has 0 spiro atoms. The zero-order valence-corrected chi connectivity index (χ0v) is 12.4. The van der Waals surface area contributed by atoms with Crippen LogP contribution in [0.25, 0.3) is 0 Å². The molecule has 1 heterocycles. The van der Waals surface area contributed by atoms with Crippen molar-refractivity contribution in [2.75, 3.05) is 7.11 Å². The van der Waals surface area contributed by atoms with Crippen molar-refractivity contribution in [2.24, 2.45) is 0 Å². The number of methoxy groups -OCH3 is 1. The average molecular weight is 393 g/mol. The van der Waals surface area contributed by atoms with Crippen molar-refractivity contribution in [2.45, 2.75) is 6.54 Å². The first-order chi connectivity index (χ1) is 7.69. The average Bonchev–Trinajstić information content (AvgIpc) is 2.67. The van der Waals surface area contributed by atoms with Gasteiger partial charge in [0.25, 0.3) is 0 Å². The van der Waals surface area contributed by atoms with Crippen LogP contribution < -0.4 is 4.74 Å². The molecule has 2 rings (SSSR count). The Labute approximate surface area is 116 Å². The Kier molecular flexibility index (Phi) is 3.86. The van der Waals surface area contributed by atoms with Crippen LogP contribution in [0, 0.1) is 3.57 Å². The van der Waals surface area contributed by atoms with Crippen LogP contribution in [0.15, 0.2) is 35.1 Å². The minimum Gasteiger partial charge on any atom is -0.497 e. The lowest BCUT2D eigenvalue weighted by Gasteiger charge is -2.07. The first kappa shape index (κ1) is 11.9. The van der Waals surface area contributed by atoms with Crippen molar-refractivity contribution in [3.63, 3.8) is 0 Å². The van der Waals surface area contributed by atoms with Gasteiger partial charge in [0.05, 0.1) is 23.4 Å². The lowest BCUT2D eigenvalue weighted by molar-refractivity contribution is 0.414. The van der Waals surface area contributed by atoms with Gasteiger partial charge in [-0.3, -0.25) is 4.68 Å². The van der Waals surface area contributed by atoms with Gasteiger partial charge in [0.2, 0.25) is 0 Å². The number of hydrogen-bond donors (Lipinski definition) is 0. The lowest BCUT2D eigenvalue weighted by atomic mass is 10.2. The van der Waals surface area contributed by atoms with Crippen LogP contribution in [0.5, 0.6) is 5.75 Å². The zero-order valence-electron chi connectivity index (χ0n) is 8.65. The number of rotatable bonds is 3. The van der Waals surface area contributed by atoms with Gasteiger partial charge in [-0.05, 0) is 46.4 Å². The second-order valence-electron chi connectivity index (χ2n) is 3.31. The quantitative estimate of drug-likeness (QED) is 0.749. The molecule has 0 aliphatic carbocycles. The van der Waals surface area contributed by atoms with Gasteiger partial charge < -0.3 is 4.74 Å². The third-order valence-corrected chi connectivity index (χ3v) is 3.52. The Morgan fingerprint density at radius 2 is 2.31 bits per heavy atom. The van der Waals surface area contributed by atoms with Crippen molar-refractivity contribution < 1.29 is 4.74 Å². The molecular formula is C11H10BrIN2O. The summed E-state index contributed by atoms with van der Waals surface area (Å²) in [5, 5.41) is 4.26. The summed E-state index contributed by atoms with van der Waals surface area (Å²) >= 11 is 5.77. The first-order valence-electron chi connectivity index (χ1n) is 4.69. The molecule has 0 bridgehead atoms. The Balaban J connectivity index is 2.26. The summed E-state index contributed by atoms with van der Waals surface area (Å²) in [4.78, 5) is 0. The molecule has 1 aromatic carbocycles. The second kappa shape index (κ2) is 5.18. The van der Waals surface area contributed by atoms with Crippen molar-refractivity contribution in [3.8, 4) is 5.75 Å². The van der Waals surface area contributed by atoms with E-state index >= 15 is 0 Å². The van der Waals surface area contributed by atoms with Crippen LogP contribution in [0.2, 0.25) is 0 Å². The molecule has 0 saturated heterocycles. The number of ether oxygens (including phenoxy) is 1. The largest absolute Gasteiger partial charge is 0.497 e. The molecule has 0 amide bonds. The highest BCUT2D eigenvalue weighted by molar-refractivity contribution is 14.1. The van der Waals surface area contributed by atoms with Gasteiger partial charge in [-0.15, -0.1) is 0 Å². The lowest BCUT2D eigenvalue weighted by Crippen LogP contribution is -2.01. The van der Waals surface area contributed by atoms with Crippen LogP contribution in [-0.4, -0.2) is 16.9 Å². The Morgan fingerprint density at radius 3 is 2.94 bits per heavy atom. The third-order valence-electron chi connectivity index (χ3n) is 2.19. The van der Waals surface area contributed by atoms with Gasteiger partial charge in [-0.25, -0.2) is 0 Å². The van der Waals surface area contributed by atoms with Crippen molar-refractivity contribution >= 4 is 38.5 Å². The van der Waals surface area contributed by atoms with Crippen LogP contribution in [0.3, 0.4) is 0 Å². The summed E-state index contributed by atoms with van der Waals surface area (Å²) in [5.41, 5.74) is 1.15. The maximum Gasteiger partial charge on any atom is 0.119 e. The molecule has 1 aromatic heterocycles. The van der Waals surface area contributed by atoms with Gasteiger partial charge in [-0.1, -0.05) is 15.9 Å². The fourth-order valence-electron chi connectivity index (χ4n) is 1.40. The van der Waals surface area contributed by atoms with E-state index in [1.54, 1.807) is 7.11 Å². The molecule has 84 valence electrons. The molecule has 0 N–H and O–H groups in total. The Morgan fingerprint density at radius 1 is 1.50 bits per heavy atom. The van der Waals surface area contributed by atoms with Gasteiger partial charge >= 0.3 is 0 Å². The first-order valence-corrected chi connectivity index (χ1v) is 6.56. The summed E-state index contributed by atoms with van der Waals surface area (Å²) in [5.74, 6) is 0.861. The second-order valence-corrected chi connectivity index (χ2v) is 5.41. The van der Waals surface area contributed by atoms with Crippen molar-refractivity contribution in [1.29, 1.82) is 0 Å². The molecule has 2 aromatic rings. The minimum atomic E-state index is 0.737. The van der Waals surface area contributed by atoms with E-state index in [0.29, 0.717) is 0 Å². The maximum atomic E-state index is 5.20. The molecule has 5 heteroatoms.